The molecule has 2 aliphatic carbocycles. The molecule has 0 amide bonds. The fourth-order valence-electron chi connectivity index (χ4n) is 2.24. The van der Waals surface area contributed by atoms with Crippen LogP contribution >= 0.6 is 0 Å². The van der Waals surface area contributed by atoms with Gasteiger partial charge in [-0.3, -0.25) is 0 Å². The van der Waals surface area contributed by atoms with Crippen molar-refractivity contribution in [2.75, 3.05) is 0 Å². The number of hydrogen-bond donors (Lipinski definition) is 0. The van der Waals surface area contributed by atoms with Gasteiger partial charge in [-0.25, -0.2) is 0 Å². The summed E-state index contributed by atoms with van der Waals surface area (Å²) in [7, 11) is 0. The van der Waals surface area contributed by atoms with Crippen LogP contribution in [0.3, 0.4) is 0 Å². The molecule has 1 heterocycles. The van der Waals surface area contributed by atoms with E-state index < -0.39 is 0 Å². The molecule has 0 radical (unpaired) electrons. The first-order valence-electron chi connectivity index (χ1n) is 4.47. The van der Waals surface area contributed by atoms with Crippen molar-refractivity contribution in [2.24, 2.45) is 5.41 Å². The van der Waals surface area contributed by atoms with E-state index in [2.05, 4.69) is 31.2 Å². The van der Waals surface area contributed by atoms with Gasteiger partial charge < -0.3 is 4.74 Å². The molecule has 1 unspecified atom stereocenters. The van der Waals surface area contributed by atoms with Crippen LogP contribution < -0.4 is 0 Å². The zero-order chi connectivity index (χ0) is 8.89. The van der Waals surface area contributed by atoms with Crippen LogP contribution in [0.5, 0.6) is 0 Å². The maximum absolute atomic E-state index is 5.53. The fourth-order valence-corrected chi connectivity index (χ4v) is 2.24. The van der Waals surface area contributed by atoms with Crippen LogP contribution in [0.1, 0.15) is 6.92 Å². The Kier molecular flexibility index (Phi) is 1.10. The molecule has 3 rings (SSSR count). The van der Waals surface area contributed by atoms with Gasteiger partial charge in [-0.05, 0) is 24.1 Å². The lowest BCUT2D eigenvalue weighted by Crippen LogP contribution is -2.20. The van der Waals surface area contributed by atoms with Gasteiger partial charge in [0.25, 0.3) is 0 Å². The predicted octanol–water partition coefficient (Wildman–Crippen LogP) is 2.86. The fraction of sp³-hybridized carbons (Fsp3) is 0.167. The van der Waals surface area contributed by atoms with Crippen LogP contribution in [0.4, 0.5) is 0 Å². The van der Waals surface area contributed by atoms with E-state index in [1.54, 1.807) is 0 Å². The molecule has 0 aromatic rings. The summed E-state index contributed by atoms with van der Waals surface area (Å²) in [5, 5.41) is 0. The molecule has 13 heavy (non-hydrogen) atoms. The first-order chi connectivity index (χ1) is 6.34. The van der Waals surface area contributed by atoms with Gasteiger partial charge in [-0.2, -0.15) is 0 Å². The average molecular weight is 170 g/mol. The van der Waals surface area contributed by atoms with Gasteiger partial charge in [0.05, 0.1) is 11.7 Å². The molecule has 0 saturated carbocycles. The summed E-state index contributed by atoms with van der Waals surface area (Å²) in [6, 6.07) is 0. The van der Waals surface area contributed by atoms with Crippen molar-refractivity contribution in [2.45, 2.75) is 6.92 Å². The smallest absolute Gasteiger partial charge is 0.122 e. The van der Waals surface area contributed by atoms with E-state index in [-0.39, 0.29) is 5.41 Å². The van der Waals surface area contributed by atoms with Crippen molar-refractivity contribution < 1.29 is 4.74 Å². The summed E-state index contributed by atoms with van der Waals surface area (Å²) >= 11 is 0. The first kappa shape index (κ1) is 6.96. The summed E-state index contributed by atoms with van der Waals surface area (Å²) in [5.41, 5.74) is 2.54. The van der Waals surface area contributed by atoms with Gasteiger partial charge in [-0.15, -0.1) is 0 Å². The molecule has 1 aliphatic heterocycles. The van der Waals surface area contributed by atoms with Crippen LogP contribution in [0, 0.1) is 5.41 Å². The lowest BCUT2D eigenvalue weighted by molar-refractivity contribution is 0.330. The van der Waals surface area contributed by atoms with E-state index in [0.29, 0.717) is 0 Å². The highest BCUT2D eigenvalue weighted by atomic mass is 16.5. The number of ether oxygens (including phenoxy) is 1. The highest BCUT2D eigenvalue weighted by Crippen LogP contribution is 2.52. The maximum Gasteiger partial charge on any atom is 0.122 e. The third kappa shape index (κ3) is 0.637. The topological polar surface area (TPSA) is 9.23 Å². The molecule has 0 aromatic heterocycles. The Morgan fingerprint density at radius 2 is 2.15 bits per heavy atom. The van der Waals surface area contributed by atoms with Crippen molar-refractivity contribution in [3.8, 4) is 0 Å². The molecule has 1 atom stereocenters. The zero-order valence-electron chi connectivity index (χ0n) is 7.45. The molecule has 1 heteroatoms. The summed E-state index contributed by atoms with van der Waals surface area (Å²) in [6.07, 6.45) is 14.5. The van der Waals surface area contributed by atoms with E-state index in [1.165, 1.54) is 11.1 Å². The van der Waals surface area contributed by atoms with E-state index in [1.807, 2.05) is 18.4 Å². The quantitative estimate of drug-likeness (QED) is 0.543. The first-order valence-corrected chi connectivity index (χ1v) is 4.47. The van der Waals surface area contributed by atoms with Crippen molar-refractivity contribution in [1.29, 1.82) is 0 Å². The Balaban J connectivity index is 2.29. The normalized spacial score (nSPS) is 33.2. The van der Waals surface area contributed by atoms with Gasteiger partial charge >= 0.3 is 0 Å². The van der Waals surface area contributed by atoms with Crippen molar-refractivity contribution in [3.63, 3.8) is 0 Å². The Morgan fingerprint density at radius 3 is 3.08 bits per heavy atom. The van der Waals surface area contributed by atoms with Crippen LogP contribution in [0.2, 0.25) is 0 Å². The molecule has 64 valence electrons. The van der Waals surface area contributed by atoms with E-state index in [4.69, 9.17) is 4.74 Å². The lowest BCUT2D eigenvalue weighted by atomic mass is 9.74. The van der Waals surface area contributed by atoms with Crippen LogP contribution in [0.25, 0.3) is 0 Å². The van der Waals surface area contributed by atoms with Gasteiger partial charge in [-0.1, -0.05) is 30.4 Å². The third-order valence-corrected chi connectivity index (χ3v) is 2.97. The minimum Gasteiger partial charge on any atom is -0.468 e. The van der Waals surface area contributed by atoms with Gasteiger partial charge in [0.1, 0.15) is 5.76 Å². The van der Waals surface area contributed by atoms with Crippen LogP contribution in [0.15, 0.2) is 59.6 Å². The van der Waals surface area contributed by atoms with E-state index in [9.17, 15) is 0 Å². The van der Waals surface area contributed by atoms with E-state index >= 15 is 0 Å². The highest BCUT2D eigenvalue weighted by Gasteiger charge is 2.44. The monoisotopic (exact) mass is 170 g/mol. The van der Waals surface area contributed by atoms with Crippen molar-refractivity contribution in [1.82, 2.24) is 0 Å². The second-order valence-electron chi connectivity index (χ2n) is 3.60. The Bertz CT molecular complexity index is 418. The lowest BCUT2D eigenvalue weighted by Gasteiger charge is -2.27. The molecule has 0 bridgehead atoms. The molecular weight excluding hydrogens is 160 g/mol. The molecule has 0 aromatic carbocycles. The second-order valence-corrected chi connectivity index (χ2v) is 3.60. The van der Waals surface area contributed by atoms with Gasteiger partial charge in [0, 0.05) is 0 Å². The van der Waals surface area contributed by atoms with Crippen molar-refractivity contribution >= 4 is 0 Å². The third-order valence-electron chi connectivity index (χ3n) is 2.97. The van der Waals surface area contributed by atoms with E-state index in [0.717, 1.165) is 5.76 Å². The minimum absolute atomic E-state index is 0.0469. The molecule has 3 aliphatic rings. The summed E-state index contributed by atoms with van der Waals surface area (Å²) < 4.78 is 5.53. The summed E-state index contributed by atoms with van der Waals surface area (Å²) in [5.74, 6) is 1.03. The highest BCUT2D eigenvalue weighted by molar-refractivity contribution is 5.59. The molecule has 0 saturated heterocycles. The number of allylic oxidation sites excluding steroid dienone is 6. The Labute approximate surface area is 77.4 Å². The maximum atomic E-state index is 5.53. The molecule has 1 spiro atoms. The van der Waals surface area contributed by atoms with Gasteiger partial charge in [0.15, 0.2) is 0 Å². The van der Waals surface area contributed by atoms with Crippen LogP contribution in [-0.2, 0) is 4.74 Å². The summed E-state index contributed by atoms with van der Waals surface area (Å²) in [6.45, 7) is 2.11. The molecular formula is C12H10O. The largest absolute Gasteiger partial charge is 0.468 e. The Hall–Kier alpha value is -1.50. The minimum atomic E-state index is -0.0469. The van der Waals surface area contributed by atoms with Crippen molar-refractivity contribution in [3.05, 3.63) is 59.6 Å². The SMILES string of the molecule is CC1=COC2=CC=CC3=CC=CC132. The standard InChI is InChI=1S/C12H10O/c1-9-8-13-11-6-2-4-10-5-3-7-12(9,10)11/h2-8H,1H3. The number of rotatable bonds is 0. The zero-order valence-corrected chi connectivity index (χ0v) is 7.45. The molecule has 0 fully saturated rings. The molecule has 0 N–H and O–H groups in total. The average Bonchev–Trinajstić information content (AvgIpc) is 2.69. The Morgan fingerprint density at radius 1 is 1.23 bits per heavy atom. The van der Waals surface area contributed by atoms with Crippen LogP contribution in [-0.4, -0.2) is 0 Å². The second kappa shape index (κ2) is 2.05. The predicted molar refractivity (Wildman–Crippen MR) is 51.7 cm³/mol. The van der Waals surface area contributed by atoms with Gasteiger partial charge in [0.2, 0.25) is 0 Å². The summed E-state index contributed by atoms with van der Waals surface area (Å²) in [4.78, 5) is 0. The molecule has 1 nitrogen and oxygen atoms in total. The number of hydrogen-bond acceptors (Lipinski definition) is 1.